The Hall–Kier alpha value is -2.13. The molecule has 1 heterocycles. The van der Waals surface area contributed by atoms with Gasteiger partial charge in [0, 0.05) is 4.88 Å². The normalized spacial score (nSPS) is 13.0. The van der Waals surface area contributed by atoms with Gasteiger partial charge in [-0.15, -0.1) is 11.3 Å². The van der Waals surface area contributed by atoms with Gasteiger partial charge in [-0.3, -0.25) is 19.3 Å². The largest absolute Gasteiger partial charge is 0.365 e. The molecule has 0 bridgehead atoms. The Balaban J connectivity index is 1.63. The Labute approximate surface area is 194 Å². The smallest absolute Gasteiger partial charge is 0.251 e. The van der Waals surface area contributed by atoms with E-state index in [4.69, 9.17) is 28.9 Å². The Morgan fingerprint density at radius 3 is 2.29 bits per heavy atom. The van der Waals surface area contributed by atoms with Gasteiger partial charge in [0.2, 0.25) is 11.8 Å². The molecule has 0 fully saturated rings. The number of rotatable bonds is 8. The number of thiophene rings is 1. The lowest BCUT2D eigenvalue weighted by atomic mass is 9.95. The third kappa shape index (κ3) is 5.77. The highest BCUT2D eigenvalue weighted by Crippen LogP contribution is 2.37. The topological polar surface area (TPSA) is 105 Å². The summed E-state index contributed by atoms with van der Waals surface area (Å²) in [6.07, 6.45) is 3.76. The predicted octanol–water partition coefficient (Wildman–Crippen LogP) is 3.93. The van der Waals surface area contributed by atoms with Crippen molar-refractivity contribution in [2.75, 3.05) is 30.3 Å². The van der Waals surface area contributed by atoms with Crippen molar-refractivity contribution >= 4 is 62.9 Å². The van der Waals surface area contributed by atoms with E-state index in [9.17, 15) is 14.4 Å². The van der Waals surface area contributed by atoms with E-state index < -0.39 is 5.91 Å². The summed E-state index contributed by atoms with van der Waals surface area (Å²) in [6.45, 7) is 2.29. The highest BCUT2D eigenvalue weighted by molar-refractivity contribution is 7.17. The zero-order valence-electron chi connectivity index (χ0n) is 17.1. The molecule has 1 aliphatic rings. The molecule has 1 aromatic heterocycles. The number of amides is 3. The third-order valence-electron chi connectivity index (χ3n) is 5.08. The number of fused-ring (bicyclic) bond motifs is 1. The monoisotopic (exact) mass is 482 g/mol. The van der Waals surface area contributed by atoms with E-state index in [0.29, 0.717) is 32.8 Å². The van der Waals surface area contributed by atoms with E-state index in [2.05, 4.69) is 10.6 Å². The maximum Gasteiger partial charge on any atom is 0.251 e. The van der Waals surface area contributed by atoms with E-state index in [1.54, 1.807) is 23.1 Å². The van der Waals surface area contributed by atoms with Crippen LogP contribution in [-0.4, -0.2) is 42.3 Å². The number of para-hydroxylation sites is 1. The molecular weight excluding hydrogens is 459 g/mol. The maximum absolute atomic E-state index is 12.6. The number of hydrogen-bond donors (Lipinski definition) is 3. The molecule has 31 heavy (non-hydrogen) atoms. The van der Waals surface area contributed by atoms with Crippen LogP contribution in [-0.2, 0) is 22.4 Å². The van der Waals surface area contributed by atoms with E-state index in [-0.39, 0.29) is 24.9 Å². The number of carbonyl (C=O) groups excluding carboxylic acids is 3. The Kier molecular flexibility index (Phi) is 7.94. The molecule has 2 aromatic rings. The van der Waals surface area contributed by atoms with Crippen molar-refractivity contribution in [1.82, 2.24) is 4.90 Å². The SMILES string of the molecule is CCN(CC(=O)Nc1sc2c(c1C(N)=O)CCCC2)CC(=O)Nc1c(Cl)cccc1Cl. The Morgan fingerprint density at radius 2 is 1.68 bits per heavy atom. The molecule has 1 aliphatic carbocycles. The second-order valence-electron chi connectivity index (χ2n) is 7.28. The summed E-state index contributed by atoms with van der Waals surface area (Å²) in [4.78, 5) is 39.9. The number of hydrogen-bond acceptors (Lipinski definition) is 5. The van der Waals surface area contributed by atoms with Gasteiger partial charge in [-0.1, -0.05) is 36.2 Å². The van der Waals surface area contributed by atoms with Crippen LogP contribution in [0.1, 0.15) is 40.6 Å². The highest BCUT2D eigenvalue weighted by atomic mass is 35.5. The molecule has 0 radical (unpaired) electrons. The average molecular weight is 483 g/mol. The van der Waals surface area contributed by atoms with Crippen molar-refractivity contribution in [1.29, 1.82) is 0 Å². The van der Waals surface area contributed by atoms with E-state index in [1.165, 1.54) is 11.3 Å². The number of carbonyl (C=O) groups is 3. The van der Waals surface area contributed by atoms with Crippen LogP contribution in [0.4, 0.5) is 10.7 Å². The lowest BCUT2D eigenvalue weighted by molar-refractivity contribution is -0.119. The summed E-state index contributed by atoms with van der Waals surface area (Å²) in [7, 11) is 0. The summed E-state index contributed by atoms with van der Waals surface area (Å²) in [5.41, 5.74) is 7.30. The molecule has 1 aromatic carbocycles. The standard InChI is InChI=1S/C21H24Cl2N4O3S/c1-2-27(10-16(28)25-19-13(22)7-5-8-14(19)23)11-17(29)26-21-18(20(24)30)12-6-3-4-9-15(12)31-21/h5,7-8H,2-4,6,9-11H2,1H3,(H2,24,30)(H,25,28)(H,26,29). The Morgan fingerprint density at radius 1 is 1.06 bits per heavy atom. The molecule has 0 aliphatic heterocycles. The van der Waals surface area contributed by atoms with E-state index in [0.717, 1.165) is 36.1 Å². The zero-order valence-corrected chi connectivity index (χ0v) is 19.4. The first kappa shape index (κ1) is 23.5. The molecule has 3 amide bonds. The van der Waals surface area contributed by atoms with Crippen LogP contribution >= 0.6 is 34.5 Å². The fourth-order valence-corrected chi connectivity index (χ4v) is 5.37. The molecule has 0 saturated carbocycles. The van der Waals surface area contributed by atoms with E-state index in [1.807, 2.05) is 6.92 Å². The minimum absolute atomic E-state index is 0.0130. The summed E-state index contributed by atoms with van der Waals surface area (Å²) in [6, 6.07) is 4.95. The molecule has 0 unspecified atom stereocenters. The van der Waals surface area contributed by atoms with Gasteiger partial charge in [-0.2, -0.15) is 0 Å². The average Bonchev–Trinajstić information content (AvgIpc) is 3.08. The first-order chi connectivity index (χ1) is 14.8. The lowest BCUT2D eigenvalue weighted by Crippen LogP contribution is -2.38. The van der Waals surface area contributed by atoms with Gasteiger partial charge >= 0.3 is 0 Å². The Bertz CT molecular complexity index is 989. The zero-order chi connectivity index (χ0) is 22.5. The van der Waals surface area contributed by atoms with Gasteiger partial charge in [0.15, 0.2) is 0 Å². The molecule has 10 heteroatoms. The summed E-state index contributed by atoms with van der Waals surface area (Å²) < 4.78 is 0. The molecule has 3 rings (SSSR count). The number of likely N-dealkylation sites (N-methyl/N-ethyl adjacent to an activating group) is 1. The fourth-order valence-electron chi connectivity index (χ4n) is 3.56. The molecule has 0 atom stereocenters. The van der Waals surface area contributed by atoms with Crippen molar-refractivity contribution < 1.29 is 14.4 Å². The first-order valence-electron chi connectivity index (χ1n) is 10.0. The minimum Gasteiger partial charge on any atom is -0.365 e. The van der Waals surface area contributed by atoms with Crippen molar-refractivity contribution in [2.24, 2.45) is 5.73 Å². The number of nitrogens with two attached hydrogens (primary N) is 1. The summed E-state index contributed by atoms with van der Waals surface area (Å²) in [5.74, 6) is -1.18. The predicted molar refractivity (Wildman–Crippen MR) is 125 cm³/mol. The van der Waals surface area contributed by atoms with Gasteiger partial charge in [-0.05, 0) is 49.9 Å². The van der Waals surface area contributed by atoms with Crippen LogP contribution < -0.4 is 16.4 Å². The van der Waals surface area contributed by atoms with Gasteiger partial charge in [-0.25, -0.2) is 0 Å². The number of aryl methyl sites for hydroxylation is 1. The highest BCUT2D eigenvalue weighted by Gasteiger charge is 2.25. The summed E-state index contributed by atoms with van der Waals surface area (Å²) in [5, 5.41) is 6.67. The molecular formula is C21H24Cl2N4O3S. The number of primary amides is 1. The fraction of sp³-hybridized carbons (Fsp3) is 0.381. The van der Waals surface area contributed by atoms with Gasteiger partial charge in [0.05, 0.1) is 34.4 Å². The van der Waals surface area contributed by atoms with Crippen LogP contribution in [0.25, 0.3) is 0 Å². The van der Waals surface area contributed by atoms with Crippen molar-refractivity contribution in [3.8, 4) is 0 Å². The second-order valence-corrected chi connectivity index (χ2v) is 9.20. The number of benzene rings is 1. The number of nitrogens with one attached hydrogen (secondary N) is 2. The molecule has 166 valence electrons. The molecule has 0 saturated heterocycles. The van der Waals surface area contributed by atoms with Crippen LogP contribution in [0.2, 0.25) is 10.0 Å². The van der Waals surface area contributed by atoms with Crippen molar-refractivity contribution in [3.05, 3.63) is 44.2 Å². The van der Waals surface area contributed by atoms with Crippen LogP contribution in [0.5, 0.6) is 0 Å². The van der Waals surface area contributed by atoms with Gasteiger partial charge in [0.1, 0.15) is 5.00 Å². The second kappa shape index (κ2) is 10.5. The minimum atomic E-state index is -0.530. The molecule has 0 spiro atoms. The maximum atomic E-state index is 12.6. The third-order valence-corrected chi connectivity index (χ3v) is 6.92. The van der Waals surface area contributed by atoms with Crippen LogP contribution in [0, 0.1) is 0 Å². The van der Waals surface area contributed by atoms with Crippen molar-refractivity contribution in [2.45, 2.75) is 32.6 Å². The van der Waals surface area contributed by atoms with Crippen molar-refractivity contribution in [3.63, 3.8) is 0 Å². The summed E-state index contributed by atoms with van der Waals surface area (Å²) >= 11 is 13.6. The van der Waals surface area contributed by atoms with Gasteiger partial charge in [0.25, 0.3) is 5.91 Å². The number of halogens is 2. The molecule has 7 nitrogen and oxygen atoms in total. The van der Waals surface area contributed by atoms with E-state index >= 15 is 0 Å². The quantitative estimate of drug-likeness (QED) is 0.529. The number of anilines is 2. The number of nitrogens with zero attached hydrogens (tertiary/aromatic N) is 1. The van der Waals surface area contributed by atoms with Gasteiger partial charge < -0.3 is 16.4 Å². The molecule has 4 N–H and O–H groups in total. The van der Waals surface area contributed by atoms with Crippen LogP contribution in [0.15, 0.2) is 18.2 Å². The first-order valence-corrected chi connectivity index (χ1v) is 11.6. The van der Waals surface area contributed by atoms with Crippen LogP contribution in [0.3, 0.4) is 0 Å². The lowest BCUT2D eigenvalue weighted by Gasteiger charge is -2.19.